The van der Waals surface area contributed by atoms with Crippen molar-refractivity contribution in [2.24, 2.45) is 0 Å². The van der Waals surface area contributed by atoms with Crippen LogP contribution in [-0.4, -0.2) is 4.92 Å². The first-order valence-corrected chi connectivity index (χ1v) is 7.79. The monoisotopic (exact) mass is 367 g/mol. The van der Waals surface area contributed by atoms with E-state index in [2.05, 4.69) is 15.9 Å². The maximum atomic E-state index is 11.4. The number of benzene rings is 3. The van der Waals surface area contributed by atoms with Gasteiger partial charge in [-0.3, -0.25) is 10.1 Å². The zero-order valence-corrected chi connectivity index (χ0v) is 13.4. The third kappa shape index (κ3) is 2.12. The van der Waals surface area contributed by atoms with Crippen LogP contribution in [0, 0.1) is 10.1 Å². The van der Waals surface area contributed by atoms with E-state index < -0.39 is 0 Å². The highest BCUT2D eigenvalue weighted by Crippen LogP contribution is 2.41. The van der Waals surface area contributed by atoms with Crippen LogP contribution in [0.4, 0.5) is 5.69 Å². The molecule has 0 spiro atoms. The van der Waals surface area contributed by atoms with Gasteiger partial charge >= 0.3 is 0 Å². The van der Waals surface area contributed by atoms with E-state index in [-0.39, 0.29) is 10.6 Å². The van der Waals surface area contributed by atoms with Crippen LogP contribution in [-0.2, 0) is 0 Å². The van der Waals surface area contributed by atoms with Crippen molar-refractivity contribution >= 4 is 43.6 Å². The van der Waals surface area contributed by atoms with E-state index in [1.165, 1.54) is 6.07 Å². The van der Waals surface area contributed by atoms with Gasteiger partial charge in [0.15, 0.2) is 0 Å². The number of furan rings is 1. The molecule has 1 heterocycles. The second-order valence-corrected chi connectivity index (χ2v) is 6.02. The molecule has 23 heavy (non-hydrogen) atoms. The summed E-state index contributed by atoms with van der Waals surface area (Å²) in [7, 11) is 0. The van der Waals surface area contributed by atoms with E-state index in [1.807, 2.05) is 36.4 Å². The first-order chi connectivity index (χ1) is 11.2. The molecule has 1 aromatic heterocycles. The molecule has 112 valence electrons. The lowest BCUT2D eigenvalue weighted by Gasteiger charge is -2.05. The van der Waals surface area contributed by atoms with Gasteiger partial charge in [0.2, 0.25) is 0 Å². The smallest absolute Gasteiger partial charge is 0.277 e. The number of nitrogens with zero attached hydrogens (tertiary/aromatic N) is 1. The van der Waals surface area contributed by atoms with Gasteiger partial charge in [-0.1, -0.05) is 46.3 Å². The number of halogens is 1. The van der Waals surface area contributed by atoms with Gasteiger partial charge in [0.05, 0.1) is 10.5 Å². The fourth-order valence-corrected chi connectivity index (χ4v) is 3.46. The van der Waals surface area contributed by atoms with Gasteiger partial charge in [0.1, 0.15) is 11.2 Å². The molecule has 4 rings (SSSR count). The second-order valence-electron chi connectivity index (χ2n) is 5.17. The summed E-state index contributed by atoms with van der Waals surface area (Å²) < 4.78 is 6.80. The highest BCUT2D eigenvalue weighted by atomic mass is 79.9. The largest absolute Gasteiger partial charge is 0.456 e. The van der Waals surface area contributed by atoms with Crippen molar-refractivity contribution < 1.29 is 9.34 Å². The number of hydrogen-bond acceptors (Lipinski definition) is 3. The third-order valence-corrected chi connectivity index (χ3v) is 4.52. The van der Waals surface area contributed by atoms with Crippen LogP contribution in [0.5, 0.6) is 0 Å². The molecule has 0 aliphatic rings. The highest BCUT2D eigenvalue weighted by Gasteiger charge is 2.20. The summed E-state index contributed by atoms with van der Waals surface area (Å²) in [6.45, 7) is 0. The van der Waals surface area contributed by atoms with Crippen molar-refractivity contribution in [1.29, 1.82) is 0 Å². The Morgan fingerprint density at radius 2 is 1.48 bits per heavy atom. The van der Waals surface area contributed by atoms with Crippen LogP contribution < -0.4 is 0 Å². The van der Waals surface area contributed by atoms with Gasteiger partial charge in [-0.15, -0.1) is 0 Å². The average Bonchev–Trinajstić information content (AvgIpc) is 2.94. The fourth-order valence-electron chi connectivity index (χ4n) is 2.91. The van der Waals surface area contributed by atoms with Crippen LogP contribution in [0.25, 0.3) is 33.1 Å². The molecule has 0 unspecified atom stereocenters. The Morgan fingerprint density at radius 3 is 2.26 bits per heavy atom. The molecule has 4 nitrogen and oxygen atoms in total. The standard InChI is InChI=1S/C18H10BrNO3/c19-13-7-4-10-16-18(13)17-12(6-3-9-15(17)23-16)11-5-1-2-8-14(11)20(21)22/h1-10H. The number of fused-ring (bicyclic) bond motifs is 3. The Hall–Kier alpha value is -2.66. The minimum atomic E-state index is -0.356. The summed E-state index contributed by atoms with van der Waals surface area (Å²) in [6.07, 6.45) is 0. The van der Waals surface area contributed by atoms with Gasteiger partial charge in [-0.25, -0.2) is 0 Å². The van der Waals surface area contributed by atoms with Crippen molar-refractivity contribution in [2.45, 2.75) is 0 Å². The van der Waals surface area contributed by atoms with Crippen molar-refractivity contribution in [3.8, 4) is 11.1 Å². The fraction of sp³-hybridized carbons (Fsp3) is 0. The molecule has 0 radical (unpaired) electrons. The van der Waals surface area contributed by atoms with Gasteiger partial charge in [0, 0.05) is 26.9 Å². The Kier molecular flexibility index (Phi) is 3.16. The SMILES string of the molecule is O=[N+]([O-])c1ccccc1-c1cccc2oc3cccc(Br)c3c12. The summed E-state index contributed by atoms with van der Waals surface area (Å²) in [5, 5.41) is 13.2. The minimum absolute atomic E-state index is 0.0846. The van der Waals surface area contributed by atoms with E-state index in [1.54, 1.807) is 18.2 Å². The van der Waals surface area contributed by atoms with Crippen LogP contribution in [0.3, 0.4) is 0 Å². The topological polar surface area (TPSA) is 56.3 Å². The molecule has 0 saturated carbocycles. The lowest BCUT2D eigenvalue weighted by Crippen LogP contribution is -1.91. The molecule has 0 amide bonds. The lowest BCUT2D eigenvalue weighted by molar-refractivity contribution is -0.384. The Labute approximate surface area is 139 Å². The molecule has 0 N–H and O–H groups in total. The predicted molar refractivity (Wildman–Crippen MR) is 93.5 cm³/mol. The first kappa shape index (κ1) is 14.0. The maximum Gasteiger partial charge on any atom is 0.277 e. The molecule has 0 aliphatic carbocycles. The maximum absolute atomic E-state index is 11.4. The number of hydrogen-bond donors (Lipinski definition) is 0. The second kappa shape index (κ2) is 5.21. The summed E-state index contributed by atoms with van der Waals surface area (Å²) in [4.78, 5) is 11.0. The van der Waals surface area contributed by atoms with E-state index >= 15 is 0 Å². The molecule has 0 bridgehead atoms. The Balaban J connectivity index is 2.17. The molecule has 3 aromatic carbocycles. The summed E-state index contributed by atoms with van der Waals surface area (Å²) in [6, 6.07) is 18.1. The molecule has 0 fully saturated rings. The van der Waals surface area contributed by atoms with Crippen molar-refractivity contribution in [1.82, 2.24) is 0 Å². The molecule has 0 saturated heterocycles. The van der Waals surface area contributed by atoms with E-state index in [0.717, 1.165) is 26.4 Å². The minimum Gasteiger partial charge on any atom is -0.456 e. The van der Waals surface area contributed by atoms with Crippen molar-refractivity contribution in [3.05, 3.63) is 75.3 Å². The molecule has 5 heteroatoms. The number of para-hydroxylation sites is 1. The molecule has 0 aliphatic heterocycles. The zero-order valence-electron chi connectivity index (χ0n) is 11.8. The molecule has 4 aromatic rings. The van der Waals surface area contributed by atoms with E-state index in [0.29, 0.717) is 11.1 Å². The highest BCUT2D eigenvalue weighted by molar-refractivity contribution is 9.10. The van der Waals surface area contributed by atoms with Gasteiger partial charge in [-0.05, 0) is 24.3 Å². The molecule has 0 atom stereocenters. The third-order valence-electron chi connectivity index (χ3n) is 3.86. The quantitative estimate of drug-likeness (QED) is 0.326. The first-order valence-electron chi connectivity index (χ1n) is 7.00. The summed E-state index contributed by atoms with van der Waals surface area (Å²) >= 11 is 3.56. The Morgan fingerprint density at radius 1 is 0.826 bits per heavy atom. The molecular weight excluding hydrogens is 358 g/mol. The normalized spacial score (nSPS) is 11.2. The van der Waals surface area contributed by atoms with Crippen LogP contribution in [0.1, 0.15) is 0 Å². The van der Waals surface area contributed by atoms with Crippen molar-refractivity contribution in [3.63, 3.8) is 0 Å². The van der Waals surface area contributed by atoms with E-state index in [9.17, 15) is 10.1 Å². The van der Waals surface area contributed by atoms with Crippen LogP contribution in [0.2, 0.25) is 0 Å². The van der Waals surface area contributed by atoms with Crippen LogP contribution in [0.15, 0.2) is 69.6 Å². The number of nitro groups is 1. The lowest BCUT2D eigenvalue weighted by atomic mass is 9.98. The predicted octanol–water partition coefficient (Wildman–Crippen LogP) is 5.92. The molecular formula is C18H10BrNO3. The van der Waals surface area contributed by atoms with Gasteiger partial charge < -0.3 is 4.42 Å². The number of rotatable bonds is 2. The average molecular weight is 368 g/mol. The van der Waals surface area contributed by atoms with Crippen molar-refractivity contribution in [2.75, 3.05) is 0 Å². The van der Waals surface area contributed by atoms with Crippen LogP contribution >= 0.6 is 15.9 Å². The van der Waals surface area contributed by atoms with Gasteiger partial charge in [-0.2, -0.15) is 0 Å². The zero-order chi connectivity index (χ0) is 16.0. The summed E-state index contributed by atoms with van der Waals surface area (Å²) in [5.74, 6) is 0. The van der Waals surface area contributed by atoms with Gasteiger partial charge in [0.25, 0.3) is 5.69 Å². The summed E-state index contributed by atoms with van der Waals surface area (Å²) in [5.41, 5.74) is 2.92. The Bertz CT molecular complexity index is 1070. The number of nitro benzene ring substituents is 1. The van der Waals surface area contributed by atoms with E-state index in [4.69, 9.17) is 4.42 Å².